The summed E-state index contributed by atoms with van der Waals surface area (Å²) in [7, 11) is 0. The minimum absolute atomic E-state index is 0.00652. The van der Waals surface area contributed by atoms with Crippen LogP contribution in [0.1, 0.15) is 28.8 Å². The average molecular weight is 314 g/mol. The van der Waals surface area contributed by atoms with Crippen LogP contribution in [-0.4, -0.2) is 27.8 Å². The summed E-state index contributed by atoms with van der Waals surface area (Å²) in [6, 6.07) is 6.19. The van der Waals surface area contributed by atoms with E-state index >= 15 is 0 Å². The fourth-order valence-electron chi connectivity index (χ4n) is 2.40. The first-order valence-electron chi connectivity index (χ1n) is 6.93. The monoisotopic (exact) mass is 314 g/mol. The highest BCUT2D eigenvalue weighted by molar-refractivity contribution is 5.98. The van der Waals surface area contributed by atoms with Crippen molar-refractivity contribution in [3.05, 3.63) is 45.6 Å². The van der Waals surface area contributed by atoms with E-state index in [1.54, 1.807) is 18.2 Å². The van der Waals surface area contributed by atoms with Gasteiger partial charge in [0.15, 0.2) is 0 Å². The molecular weight excluding hydrogens is 300 g/mol. The molecule has 2 aromatic heterocycles. The summed E-state index contributed by atoms with van der Waals surface area (Å²) in [6.45, 7) is 1.78. The smallest absolute Gasteiger partial charge is 0.339 e. The lowest BCUT2D eigenvalue weighted by Gasteiger charge is -2.09. The molecule has 0 spiro atoms. The number of rotatable bonds is 3. The number of carboxylic acids is 1. The van der Waals surface area contributed by atoms with Gasteiger partial charge < -0.3 is 20.4 Å². The fraction of sp³-hybridized carbons (Fsp3) is 0.188. The number of nitrogens with zero attached hydrogens (tertiary/aromatic N) is 1. The van der Waals surface area contributed by atoms with Crippen LogP contribution in [0.25, 0.3) is 22.1 Å². The maximum absolute atomic E-state index is 12.6. The van der Waals surface area contributed by atoms with Crippen LogP contribution in [0.15, 0.2) is 33.5 Å². The molecule has 7 nitrogen and oxygen atoms in total. The Labute approximate surface area is 130 Å². The molecule has 1 aromatic carbocycles. The van der Waals surface area contributed by atoms with Crippen LogP contribution in [0, 0.1) is 0 Å². The van der Waals surface area contributed by atoms with Gasteiger partial charge in [-0.1, -0.05) is 13.0 Å². The molecular formula is C16H14N2O5. The van der Waals surface area contributed by atoms with Crippen molar-refractivity contribution in [3.8, 4) is 0 Å². The van der Waals surface area contributed by atoms with Crippen LogP contribution in [0.3, 0.4) is 0 Å². The average Bonchev–Trinajstić information content (AvgIpc) is 2.53. The fourth-order valence-corrected chi connectivity index (χ4v) is 2.40. The Bertz CT molecular complexity index is 993. The highest BCUT2D eigenvalue weighted by atomic mass is 16.4. The number of fused-ring (bicyclic) bond motifs is 2. The van der Waals surface area contributed by atoms with E-state index in [1.165, 1.54) is 6.07 Å². The number of hydrogen-bond acceptors (Lipinski definition) is 6. The number of carbonyl (C=O) groups is 1. The lowest BCUT2D eigenvalue weighted by molar-refractivity contribution is 0.0698. The number of aromatic nitrogens is 1. The second-order valence-corrected chi connectivity index (χ2v) is 5.35. The number of carboxylic acid groups (broad SMARTS) is 1. The van der Waals surface area contributed by atoms with E-state index in [9.17, 15) is 14.7 Å². The number of aliphatic hydroxyl groups is 1. The van der Waals surface area contributed by atoms with E-state index in [4.69, 9.17) is 15.3 Å². The summed E-state index contributed by atoms with van der Waals surface area (Å²) in [5, 5.41) is 18.7. The van der Waals surface area contributed by atoms with Gasteiger partial charge in [-0.3, -0.25) is 4.79 Å². The summed E-state index contributed by atoms with van der Waals surface area (Å²) < 4.78 is 5.56. The van der Waals surface area contributed by atoms with Gasteiger partial charge in [0.1, 0.15) is 17.0 Å². The molecule has 23 heavy (non-hydrogen) atoms. The zero-order chi connectivity index (χ0) is 16.7. The number of aliphatic hydroxyl groups excluding tert-OH is 1. The number of hydrogen-bond donors (Lipinski definition) is 3. The molecule has 0 aliphatic heterocycles. The van der Waals surface area contributed by atoms with Crippen molar-refractivity contribution in [2.75, 3.05) is 12.3 Å². The van der Waals surface area contributed by atoms with Gasteiger partial charge in [0.05, 0.1) is 10.8 Å². The number of nitrogen functional groups attached to an aromatic ring is 1. The molecule has 0 saturated carbocycles. The van der Waals surface area contributed by atoms with Crippen LogP contribution in [0.2, 0.25) is 0 Å². The Morgan fingerprint density at radius 3 is 2.74 bits per heavy atom. The van der Waals surface area contributed by atoms with Crippen molar-refractivity contribution in [1.29, 1.82) is 0 Å². The lowest BCUT2D eigenvalue weighted by Crippen LogP contribution is -2.10. The van der Waals surface area contributed by atoms with Gasteiger partial charge in [0, 0.05) is 12.5 Å². The van der Waals surface area contributed by atoms with E-state index in [2.05, 4.69) is 4.98 Å². The van der Waals surface area contributed by atoms with E-state index in [-0.39, 0.29) is 40.4 Å². The van der Waals surface area contributed by atoms with Crippen molar-refractivity contribution in [2.45, 2.75) is 12.8 Å². The van der Waals surface area contributed by atoms with Gasteiger partial charge in [-0.05, 0) is 23.8 Å². The molecule has 0 bridgehead atoms. The van der Waals surface area contributed by atoms with Gasteiger partial charge in [-0.25, -0.2) is 4.79 Å². The summed E-state index contributed by atoms with van der Waals surface area (Å²) >= 11 is 0. The van der Waals surface area contributed by atoms with E-state index in [0.717, 1.165) is 5.56 Å². The molecule has 7 heteroatoms. The van der Waals surface area contributed by atoms with Crippen LogP contribution < -0.4 is 11.2 Å². The number of anilines is 1. The van der Waals surface area contributed by atoms with Crippen molar-refractivity contribution in [1.82, 2.24) is 4.98 Å². The Kier molecular flexibility index (Phi) is 3.49. The molecule has 0 aliphatic rings. The number of nitrogens with two attached hydrogens (primary N) is 1. The quantitative estimate of drug-likeness (QED) is 0.628. The molecule has 4 N–H and O–H groups in total. The van der Waals surface area contributed by atoms with Crippen molar-refractivity contribution in [3.63, 3.8) is 0 Å². The predicted molar refractivity (Wildman–Crippen MR) is 84.7 cm³/mol. The molecule has 0 radical (unpaired) electrons. The van der Waals surface area contributed by atoms with E-state index < -0.39 is 5.97 Å². The third-order valence-corrected chi connectivity index (χ3v) is 3.79. The first-order valence-corrected chi connectivity index (χ1v) is 6.93. The van der Waals surface area contributed by atoms with Crippen molar-refractivity contribution >= 4 is 33.9 Å². The summed E-state index contributed by atoms with van der Waals surface area (Å²) in [4.78, 5) is 27.7. The predicted octanol–water partition coefficient (Wildman–Crippen LogP) is 1.72. The Hall–Kier alpha value is -2.93. The van der Waals surface area contributed by atoms with Gasteiger partial charge in [0.25, 0.3) is 0 Å². The topological polar surface area (TPSA) is 127 Å². The minimum Gasteiger partial charge on any atom is -0.478 e. The third kappa shape index (κ3) is 2.40. The number of aromatic carboxylic acids is 1. The molecule has 0 amide bonds. The highest BCUT2D eigenvalue weighted by Gasteiger charge is 2.16. The first-order chi connectivity index (χ1) is 10.9. The molecule has 1 atom stereocenters. The molecule has 3 rings (SSSR count). The maximum Gasteiger partial charge on any atom is 0.339 e. The molecule has 3 aromatic rings. The highest BCUT2D eigenvalue weighted by Crippen LogP contribution is 2.24. The number of pyridine rings is 1. The van der Waals surface area contributed by atoms with Crippen LogP contribution >= 0.6 is 0 Å². The van der Waals surface area contributed by atoms with Gasteiger partial charge in [-0.15, -0.1) is 0 Å². The van der Waals surface area contributed by atoms with Crippen molar-refractivity contribution < 1.29 is 19.4 Å². The van der Waals surface area contributed by atoms with Gasteiger partial charge in [-0.2, -0.15) is 4.98 Å². The number of benzene rings is 1. The summed E-state index contributed by atoms with van der Waals surface area (Å²) in [5.74, 6) is -1.61. The molecule has 2 heterocycles. The molecule has 0 aliphatic carbocycles. The van der Waals surface area contributed by atoms with E-state index in [0.29, 0.717) is 11.0 Å². The summed E-state index contributed by atoms with van der Waals surface area (Å²) in [6.07, 6.45) is 0. The Balaban J connectivity index is 2.37. The standard InChI is InChI=1S/C16H14N2O5/c1-7(6-19)8-2-3-12-9(4-8)13(20)10-5-11(16(21)22)14(17)18-15(10)23-12/h2-5,7,19H,6H2,1H3,(H2,17,18)(H,21,22). The van der Waals surface area contributed by atoms with Crippen LogP contribution in [-0.2, 0) is 0 Å². The normalized spacial score (nSPS) is 12.6. The largest absolute Gasteiger partial charge is 0.478 e. The van der Waals surface area contributed by atoms with Gasteiger partial charge >= 0.3 is 5.97 Å². The minimum atomic E-state index is -1.26. The van der Waals surface area contributed by atoms with Crippen molar-refractivity contribution in [2.24, 2.45) is 0 Å². The summed E-state index contributed by atoms with van der Waals surface area (Å²) in [5.41, 5.74) is 6.05. The second-order valence-electron chi connectivity index (χ2n) is 5.35. The molecule has 118 valence electrons. The van der Waals surface area contributed by atoms with Crippen LogP contribution in [0.4, 0.5) is 5.82 Å². The maximum atomic E-state index is 12.6. The zero-order valence-electron chi connectivity index (χ0n) is 12.2. The Morgan fingerprint density at radius 2 is 2.09 bits per heavy atom. The van der Waals surface area contributed by atoms with Crippen LogP contribution in [0.5, 0.6) is 0 Å². The second kappa shape index (κ2) is 5.36. The third-order valence-electron chi connectivity index (χ3n) is 3.79. The lowest BCUT2D eigenvalue weighted by atomic mass is 10.00. The molecule has 0 saturated heterocycles. The SMILES string of the molecule is CC(CO)c1ccc2oc3nc(N)c(C(=O)O)cc3c(=O)c2c1. The zero-order valence-corrected chi connectivity index (χ0v) is 12.2. The molecule has 0 fully saturated rings. The first kappa shape index (κ1) is 15.0. The molecule has 1 unspecified atom stereocenters. The van der Waals surface area contributed by atoms with E-state index in [1.807, 2.05) is 6.92 Å². The van der Waals surface area contributed by atoms with Gasteiger partial charge in [0.2, 0.25) is 11.1 Å². The Morgan fingerprint density at radius 1 is 1.35 bits per heavy atom.